The van der Waals surface area contributed by atoms with E-state index in [1.54, 1.807) is 6.20 Å². The number of nitrogens with zero attached hydrogens (tertiary/aromatic N) is 3. The molecule has 3 aromatic rings. The number of aromatic nitrogens is 3. The van der Waals surface area contributed by atoms with E-state index >= 15 is 0 Å². The van der Waals surface area contributed by atoms with Gasteiger partial charge < -0.3 is 4.74 Å². The fourth-order valence-electron chi connectivity index (χ4n) is 2.62. The summed E-state index contributed by atoms with van der Waals surface area (Å²) in [4.78, 5) is 16.9. The van der Waals surface area contributed by atoms with Crippen LogP contribution in [0, 0.1) is 0 Å². The van der Waals surface area contributed by atoms with Gasteiger partial charge in [0.05, 0.1) is 30.5 Å². The van der Waals surface area contributed by atoms with Crippen LogP contribution < -0.4 is 0 Å². The van der Waals surface area contributed by atoms with Gasteiger partial charge >= 0.3 is 0 Å². The molecule has 0 spiro atoms. The Bertz CT molecular complexity index is 884. The van der Waals surface area contributed by atoms with Gasteiger partial charge in [0.1, 0.15) is 5.69 Å². The van der Waals surface area contributed by atoms with Gasteiger partial charge in [-0.1, -0.05) is 23.7 Å². The number of ether oxygens (including phenoxy) is 1. The molecule has 1 fully saturated rings. The zero-order chi connectivity index (χ0) is 17.2. The van der Waals surface area contributed by atoms with Gasteiger partial charge in [-0.3, -0.25) is 9.48 Å². The molecule has 0 unspecified atom stereocenters. The fraction of sp³-hybridized carbons (Fsp3) is 0.278. The average Bonchev–Trinajstić information content (AvgIpc) is 3.18. The predicted molar refractivity (Wildman–Crippen MR) is 96.5 cm³/mol. The van der Waals surface area contributed by atoms with Crippen molar-refractivity contribution in [2.75, 3.05) is 13.2 Å². The zero-order valence-electron chi connectivity index (χ0n) is 13.4. The van der Waals surface area contributed by atoms with Crippen molar-refractivity contribution in [3.63, 3.8) is 0 Å². The van der Waals surface area contributed by atoms with Crippen LogP contribution in [0.5, 0.6) is 0 Å². The molecule has 25 heavy (non-hydrogen) atoms. The Kier molecular flexibility index (Phi) is 4.65. The van der Waals surface area contributed by atoms with E-state index in [0.29, 0.717) is 42.8 Å². The SMILES string of the molecule is O=C(Cc1cnn(C2COC2)c1)c1csc(Cc2ccc(Cl)cc2)n1. The van der Waals surface area contributed by atoms with Gasteiger partial charge in [-0.15, -0.1) is 11.3 Å². The second-order valence-corrected chi connectivity index (χ2v) is 7.43. The van der Waals surface area contributed by atoms with Crippen LogP contribution in [0.4, 0.5) is 0 Å². The minimum Gasteiger partial charge on any atom is -0.377 e. The molecule has 3 heterocycles. The van der Waals surface area contributed by atoms with E-state index in [9.17, 15) is 4.79 Å². The van der Waals surface area contributed by atoms with E-state index in [0.717, 1.165) is 16.1 Å². The monoisotopic (exact) mass is 373 g/mol. The van der Waals surface area contributed by atoms with E-state index in [1.807, 2.05) is 40.5 Å². The standard InChI is InChI=1S/C18H16ClN3O2S/c19-14-3-1-12(2-4-14)6-18-21-16(11-25-18)17(23)5-13-7-20-22(8-13)15-9-24-10-15/h1-4,7-8,11,15H,5-6,9-10H2. The van der Waals surface area contributed by atoms with E-state index in [2.05, 4.69) is 10.1 Å². The summed E-state index contributed by atoms with van der Waals surface area (Å²) in [6, 6.07) is 7.98. The molecule has 0 N–H and O–H groups in total. The maximum absolute atomic E-state index is 12.5. The molecular formula is C18H16ClN3O2S. The molecular weight excluding hydrogens is 358 g/mol. The largest absolute Gasteiger partial charge is 0.377 e. The van der Waals surface area contributed by atoms with Crippen molar-refractivity contribution in [3.05, 3.63) is 68.9 Å². The molecule has 7 heteroatoms. The summed E-state index contributed by atoms with van der Waals surface area (Å²) in [5.74, 6) is 0.0167. The van der Waals surface area contributed by atoms with Gasteiger partial charge in [0.25, 0.3) is 0 Å². The Morgan fingerprint density at radius 2 is 2.08 bits per heavy atom. The number of hydrogen-bond donors (Lipinski definition) is 0. The first-order chi connectivity index (χ1) is 12.2. The third kappa shape index (κ3) is 3.81. The number of carbonyl (C=O) groups excluding carboxylic acids is 1. The number of benzene rings is 1. The lowest BCUT2D eigenvalue weighted by molar-refractivity contribution is -0.0286. The van der Waals surface area contributed by atoms with Gasteiger partial charge in [0.15, 0.2) is 5.78 Å². The third-order valence-electron chi connectivity index (χ3n) is 4.12. The van der Waals surface area contributed by atoms with Crippen molar-refractivity contribution in [2.24, 2.45) is 0 Å². The molecule has 128 valence electrons. The third-order valence-corrected chi connectivity index (χ3v) is 5.22. The van der Waals surface area contributed by atoms with Crippen molar-refractivity contribution in [1.29, 1.82) is 0 Å². The number of ketones is 1. The summed E-state index contributed by atoms with van der Waals surface area (Å²) in [6.07, 6.45) is 4.69. The molecule has 1 aliphatic rings. The lowest BCUT2D eigenvalue weighted by atomic mass is 10.1. The molecule has 5 nitrogen and oxygen atoms in total. The Hall–Kier alpha value is -2.02. The number of thiazole rings is 1. The van der Waals surface area contributed by atoms with Crippen LogP contribution in [0.2, 0.25) is 5.02 Å². The number of carbonyl (C=O) groups is 1. The first-order valence-corrected chi connectivity index (χ1v) is 9.26. The first kappa shape index (κ1) is 16.4. The van der Waals surface area contributed by atoms with Crippen LogP contribution in [0.25, 0.3) is 0 Å². The second kappa shape index (κ2) is 7.07. The van der Waals surface area contributed by atoms with Gasteiger partial charge in [-0.05, 0) is 23.3 Å². The normalized spacial score (nSPS) is 14.4. The maximum atomic E-state index is 12.5. The molecule has 0 aliphatic carbocycles. The highest BCUT2D eigenvalue weighted by atomic mass is 35.5. The van der Waals surface area contributed by atoms with Crippen LogP contribution in [0.15, 0.2) is 42.0 Å². The fourth-order valence-corrected chi connectivity index (χ4v) is 3.58. The summed E-state index contributed by atoms with van der Waals surface area (Å²) in [7, 11) is 0. The van der Waals surface area contributed by atoms with Crippen LogP contribution in [-0.4, -0.2) is 33.8 Å². The smallest absolute Gasteiger partial charge is 0.186 e. The van der Waals surface area contributed by atoms with Crippen LogP contribution >= 0.6 is 22.9 Å². The molecule has 0 radical (unpaired) electrons. The Morgan fingerprint density at radius 1 is 1.28 bits per heavy atom. The molecule has 1 aromatic carbocycles. The molecule has 1 saturated heterocycles. The van der Waals surface area contributed by atoms with Gasteiger partial charge in [-0.25, -0.2) is 4.98 Å². The first-order valence-electron chi connectivity index (χ1n) is 8.00. The van der Waals surface area contributed by atoms with Crippen LogP contribution in [0.3, 0.4) is 0 Å². The van der Waals surface area contributed by atoms with Crippen molar-refractivity contribution < 1.29 is 9.53 Å². The molecule has 0 atom stereocenters. The van der Waals surface area contributed by atoms with E-state index in [4.69, 9.17) is 16.3 Å². The number of hydrogen-bond acceptors (Lipinski definition) is 5. The lowest BCUT2D eigenvalue weighted by Gasteiger charge is -2.25. The number of halogens is 1. The van der Waals surface area contributed by atoms with Crippen LogP contribution in [0.1, 0.15) is 32.7 Å². The lowest BCUT2D eigenvalue weighted by Crippen LogP contribution is -2.30. The molecule has 2 aromatic heterocycles. The van der Waals surface area contributed by atoms with Crippen molar-refractivity contribution >= 4 is 28.7 Å². The highest BCUT2D eigenvalue weighted by molar-refractivity contribution is 7.09. The van der Waals surface area contributed by atoms with Crippen molar-refractivity contribution in [2.45, 2.75) is 18.9 Å². The Morgan fingerprint density at radius 3 is 2.80 bits per heavy atom. The molecule has 0 bridgehead atoms. The van der Waals surface area contributed by atoms with Crippen molar-refractivity contribution in [3.8, 4) is 0 Å². The molecule has 1 aliphatic heterocycles. The van der Waals surface area contributed by atoms with E-state index in [1.165, 1.54) is 11.3 Å². The highest BCUT2D eigenvalue weighted by Crippen LogP contribution is 2.19. The molecule has 4 rings (SSSR count). The second-order valence-electron chi connectivity index (χ2n) is 6.05. The van der Waals surface area contributed by atoms with E-state index < -0.39 is 0 Å². The summed E-state index contributed by atoms with van der Waals surface area (Å²) in [6.45, 7) is 1.38. The van der Waals surface area contributed by atoms with E-state index in [-0.39, 0.29) is 5.78 Å². The summed E-state index contributed by atoms with van der Waals surface area (Å²) in [5.41, 5.74) is 2.56. The van der Waals surface area contributed by atoms with Crippen LogP contribution in [-0.2, 0) is 17.6 Å². The maximum Gasteiger partial charge on any atom is 0.186 e. The summed E-state index contributed by atoms with van der Waals surface area (Å²) < 4.78 is 7.04. The minimum absolute atomic E-state index is 0.0167. The number of Topliss-reactive ketones (excluding diaryl/α,β-unsaturated/α-hetero) is 1. The van der Waals surface area contributed by atoms with Gasteiger partial charge in [0, 0.05) is 29.4 Å². The summed E-state index contributed by atoms with van der Waals surface area (Å²) >= 11 is 7.41. The highest BCUT2D eigenvalue weighted by Gasteiger charge is 2.21. The number of rotatable bonds is 6. The Balaban J connectivity index is 1.39. The molecule has 0 amide bonds. The zero-order valence-corrected chi connectivity index (χ0v) is 15.0. The minimum atomic E-state index is 0.0167. The molecule has 0 saturated carbocycles. The summed E-state index contributed by atoms with van der Waals surface area (Å²) in [5, 5.41) is 7.78. The average molecular weight is 374 g/mol. The predicted octanol–water partition coefficient (Wildman–Crippen LogP) is 3.58. The quantitative estimate of drug-likeness (QED) is 0.620. The van der Waals surface area contributed by atoms with Gasteiger partial charge in [0.2, 0.25) is 0 Å². The van der Waals surface area contributed by atoms with Gasteiger partial charge in [-0.2, -0.15) is 5.10 Å². The Labute approximate surface area is 154 Å². The topological polar surface area (TPSA) is 57.0 Å². The van der Waals surface area contributed by atoms with Crippen molar-refractivity contribution in [1.82, 2.24) is 14.8 Å².